The van der Waals surface area contributed by atoms with Gasteiger partial charge in [-0.05, 0) is 88.6 Å². The van der Waals surface area contributed by atoms with Gasteiger partial charge in [-0.1, -0.05) is 37.3 Å². The summed E-state index contributed by atoms with van der Waals surface area (Å²) in [6, 6.07) is 2.79. The van der Waals surface area contributed by atoms with E-state index in [2.05, 4.69) is 20.9 Å². The van der Waals surface area contributed by atoms with Crippen molar-refractivity contribution in [3.63, 3.8) is 0 Å². The van der Waals surface area contributed by atoms with Crippen LogP contribution in [0, 0.1) is 5.92 Å². The number of nitrogens with one attached hydrogen (secondary N) is 2. The Hall–Kier alpha value is -3.83. The molecule has 2 aliphatic heterocycles. The highest BCUT2D eigenvalue weighted by Crippen LogP contribution is 2.35. The second-order valence-electron chi connectivity index (χ2n) is 15.3. The second-order valence-corrected chi connectivity index (χ2v) is 19.0. The number of nitrogens with two attached hydrogens (primary N) is 1. The average molecular weight is 774 g/mol. The maximum atomic E-state index is 14.8. The molecule has 3 fully saturated rings. The van der Waals surface area contributed by atoms with Crippen LogP contribution in [-0.4, -0.2) is 104 Å². The van der Waals surface area contributed by atoms with Crippen LogP contribution >= 0.6 is 11.8 Å². The molecule has 1 aromatic carbocycles. The lowest BCUT2D eigenvalue weighted by atomic mass is 9.84. The molecule has 1 aliphatic carbocycles. The van der Waals surface area contributed by atoms with Crippen molar-refractivity contribution in [3.8, 4) is 0 Å². The van der Waals surface area contributed by atoms with Gasteiger partial charge in [0.1, 0.15) is 23.2 Å². The number of carbonyl (C=O) groups excluding carboxylic acids is 5. The van der Waals surface area contributed by atoms with Crippen molar-refractivity contribution in [2.45, 2.75) is 125 Å². The number of hydrogen-bond donors (Lipinski definition) is 4. The predicted molar refractivity (Wildman–Crippen MR) is 197 cm³/mol. The Labute approximate surface area is 314 Å². The summed E-state index contributed by atoms with van der Waals surface area (Å²) in [6.45, 7) is 6.28. The third kappa shape index (κ3) is 8.94. The van der Waals surface area contributed by atoms with Gasteiger partial charge in [0, 0.05) is 18.5 Å². The molecule has 5 rings (SSSR count). The number of hydrogen-bond acceptors (Lipinski definition) is 11. The van der Waals surface area contributed by atoms with Gasteiger partial charge in [0.25, 0.3) is 11.8 Å². The fraction of sp³-hybridized carbons (Fsp3) is 0.639. The first kappa shape index (κ1) is 40.4. The van der Waals surface area contributed by atoms with Crippen LogP contribution < -0.4 is 16.4 Å². The molecule has 1 unspecified atom stereocenters. The number of Topliss-reactive ketones (excluding diaryl/α,β-unsaturated/α-hetero) is 1. The lowest BCUT2D eigenvalue weighted by Crippen LogP contribution is -2.63. The van der Waals surface area contributed by atoms with Gasteiger partial charge in [-0.15, -0.1) is 5.10 Å². The molecule has 5 N–H and O–H groups in total. The molecule has 3 heterocycles. The number of amides is 4. The van der Waals surface area contributed by atoms with Crippen LogP contribution in [0.15, 0.2) is 35.4 Å². The van der Waals surface area contributed by atoms with Crippen molar-refractivity contribution in [2.24, 2.45) is 11.7 Å². The maximum absolute atomic E-state index is 14.8. The Morgan fingerprint density at radius 2 is 1.70 bits per heavy atom. The largest absolute Gasteiger partial charge is 0.384 e. The van der Waals surface area contributed by atoms with Crippen molar-refractivity contribution in [1.82, 2.24) is 30.5 Å². The standard InChI is InChI=1S/C36H51N7O8S2/c1-22(2)53(50,51)26-12-10-24(11-13-26)32(46)39-27(18-23-8-6-5-7-9-23)34(48)42-21-25(43-29(20-38-41-43)35(3,4)49)19-28(42)33(47)40-36(30(44)31(37)45)14-16-52-17-15-36/h10-13,20,22-23,25,27-28,49H,5-9,14-19,21H2,1-4H3,(H2,37,45)(H,39,46)(H,40,47)/t25-,27?,28-/m0/s1. The molecule has 1 aromatic heterocycles. The number of benzene rings is 1. The number of ketones is 1. The quantitative estimate of drug-likeness (QED) is 0.216. The van der Waals surface area contributed by atoms with Crippen molar-refractivity contribution < 1.29 is 37.5 Å². The molecule has 4 amide bonds. The molecule has 0 radical (unpaired) electrons. The number of likely N-dealkylation sites (tertiary alicyclic amines) is 1. The van der Waals surface area contributed by atoms with Crippen molar-refractivity contribution in [2.75, 3.05) is 18.1 Å². The Balaban J connectivity index is 1.48. The van der Waals surface area contributed by atoms with Gasteiger partial charge >= 0.3 is 0 Å². The Morgan fingerprint density at radius 3 is 2.28 bits per heavy atom. The van der Waals surface area contributed by atoms with E-state index >= 15 is 0 Å². The highest BCUT2D eigenvalue weighted by atomic mass is 32.2. The first-order valence-corrected chi connectivity index (χ1v) is 21.0. The first-order chi connectivity index (χ1) is 24.9. The van der Waals surface area contributed by atoms with E-state index in [1.807, 2.05) is 0 Å². The minimum absolute atomic E-state index is 0.0191. The van der Waals surface area contributed by atoms with E-state index in [4.69, 9.17) is 5.73 Å². The number of carbonyl (C=O) groups is 5. The third-order valence-electron chi connectivity index (χ3n) is 10.7. The second kappa shape index (κ2) is 16.3. The van der Waals surface area contributed by atoms with Gasteiger partial charge in [-0.25, -0.2) is 13.1 Å². The molecule has 17 heteroatoms. The summed E-state index contributed by atoms with van der Waals surface area (Å²) in [7, 11) is -3.57. The molecule has 290 valence electrons. The van der Waals surface area contributed by atoms with Crippen molar-refractivity contribution in [3.05, 3.63) is 41.7 Å². The molecule has 3 atom stereocenters. The van der Waals surface area contributed by atoms with Gasteiger partial charge in [-0.2, -0.15) is 11.8 Å². The molecule has 3 aliphatic rings. The summed E-state index contributed by atoms with van der Waals surface area (Å²) >= 11 is 1.59. The number of thioether (sulfide) groups is 1. The Bertz CT molecular complexity index is 1790. The summed E-state index contributed by atoms with van der Waals surface area (Å²) in [5.41, 5.74) is 3.12. The van der Waals surface area contributed by atoms with E-state index in [1.165, 1.54) is 40.0 Å². The molecular weight excluding hydrogens is 723 g/mol. The summed E-state index contributed by atoms with van der Waals surface area (Å²) in [5.74, 6) is -2.61. The molecule has 1 saturated carbocycles. The van der Waals surface area contributed by atoms with Crippen molar-refractivity contribution >= 4 is 51.0 Å². The smallest absolute Gasteiger partial charge is 0.287 e. The van der Waals surface area contributed by atoms with Crippen LogP contribution in [0.1, 0.15) is 108 Å². The predicted octanol–water partition coefficient (Wildman–Crippen LogP) is 2.04. The molecule has 2 saturated heterocycles. The zero-order valence-electron chi connectivity index (χ0n) is 30.7. The summed E-state index contributed by atoms with van der Waals surface area (Å²) < 4.78 is 26.9. The SMILES string of the molecule is CC(C)S(=O)(=O)c1ccc(C(=O)NC(CC2CCCCC2)C(=O)N2C[C@@H](n3nncc3C(C)(C)O)C[C@H]2C(=O)NC2(C(=O)C(N)=O)CCSCC2)cc1. The first-order valence-electron chi connectivity index (χ1n) is 18.3. The minimum atomic E-state index is -3.57. The molecule has 15 nitrogen and oxygen atoms in total. The highest BCUT2D eigenvalue weighted by Gasteiger charge is 2.49. The van der Waals surface area contributed by atoms with Crippen LogP contribution in [0.4, 0.5) is 0 Å². The number of nitrogens with zero attached hydrogens (tertiary/aromatic N) is 4. The lowest BCUT2D eigenvalue weighted by molar-refractivity contribution is -0.145. The summed E-state index contributed by atoms with van der Waals surface area (Å²) in [6.07, 6.45) is 6.98. The lowest BCUT2D eigenvalue weighted by Gasteiger charge is -2.37. The third-order valence-corrected chi connectivity index (χ3v) is 13.9. The Kier molecular flexibility index (Phi) is 12.4. The van der Waals surface area contributed by atoms with E-state index in [1.54, 1.807) is 39.5 Å². The maximum Gasteiger partial charge on any atom is 0.287 e. The van der Waals surface area contributed by atoms with Crippen LogP contribution in [0.2, 0.25) is 0 Å². The van der Waals surface area contributed by atoms with Gasteiger partial charge in [0.2, 0.25) is 17.6 Å². The number of aliphatic hydroxyl groups is 1. The molecule has 0 spiro atoms. The zero-order chi connectivity index (χ0) is 38.7. The fourth-order valence-corrected chi connectivity index (χ4v) is 9.86. The number of primary amides is 1. The minimum Gasteiger partial charge on any atom is -0.384 e. The Morgan fingerprint density at radius 1 is 1.06 bits per heavy atom. The van der Waals surface area contributed by atoms with E-state index in [0.717, 1.165) is 32.1 Å². The highest BCUT2D eigenvalue weighted by molar-refractivity contribution is 7.99. The van der Waals surface area contributed by atoms with Gasteiger partial charge in [0.05, 0.1) is 28.1 Å². The van der Waals surface area contributed by atoms with Crippen LogP contribution in [0.3, 0.4) is 0 Å². The normalized spacial score (nSPS) is 21.6. The molecule has 2 aromatic rings. The average Bonchev–Trinajstić information content (AvgIpc) is 3.80. The van der Waals surface area contributed by atoms with E-state index in [-0.39, 0.29) is 42.2 Å². The number of sulfone groups is 1. The van der Waals surface area contributed by atoms with E-state index in [0.29, 0.717) is 23.6 Å². The molecule has 0 bridgehead atoms. The van der Waals surface area contributed by atoms with E-state index in [9.17, 15) is 37.5 Å². The van der Waals surface area contributed by atoms with Gasteiger partial charge < -0.3 is 26.4 Å². The van der Waals surface area contributed by atoms with Gasteiger partial charge in [-0.3, -0.25) is 24.0 Å². The van der Waals surface area contributed by atoms with Crippen LogP contribution in [0.5, 0.6) is 0 Å². The molecule has 53 heavy (non-hydrogen) atoms. The monoisotopic (exact) mass is 773 g/mol. The summed E-state index contributed by atoms with van der Waals surface area (Å²) in [5, 5.41) is 24.2. The van der Waals surface area contributed by atoms with E-state index < -0.39 is 73.8 Å². The van der Waals surface area contributed by atoms with Gasteiger partial charge in [0.15, 0.2) is 9.84 Å². The summed E-state index contributed by atoms with van der Waals surface area (Å²) in [4.78, 5) is 69.6. The molecular formula is C36H51N7O8S2. The van der Waals surface area contributed by atoms with Crippen LogP contribution in [0.25, 0.3) is 0 Å². The number of aromatic nitrogens is 3. The van der Waals surface area contributed by atoms with Crippen molar-refractivity contribution in [1.29, 1.82) is 0 Å². The zero-order valence-corrected chi connectivity index (χ0v) is 32.4. The topological polar surface area (TPSA) is 224 Å². The fourth-order valence-electron chi connectivity index (χ4n) is 7.61. The number of rotatable bonds is 13. The van der Waals surface area contributed by atoms with Crippen LogP contribution in [-0.2, 0) is 34.6 Å².